The van der Waals surface area contributed by atoms with Crippen LogP contribution in [-0.2, 0) is 4.79 Å². The van der Waals surface area contributed by atoms with E-state index in [1.807, 2.05) is 23.1 Å². The predicted molar refractivity (Wildman–Crippen MR) is 121 cm³/mol. The maximum atomic E-state index is 12.7. The Morgan fingerprint density at radius 3 is 2.59 bits per heavy atom. The Balaban J connectivity index is 1.24. The van der Waals surface area contributed by atoms with Crippen LogP contribution in [0.3, 0.4) is 0 Å². The van der Waals surface area contributed by atoms with Crippen LogP contribution >= 0.6 is 11.6 Å². The number of amides is 1. The molecule has 1 saturated heterocycles. The molecule has 164 valence electrons. The third-order valence-corrected chi connectivity index (χ3v) is 6.10. The van der Waals surface area contributed by atoms with Gasteiger partial charge in [-0.25, -0.2) is 0 Å². The lowest BCUT2D eigenvalue weighted by Gasteiger charge is -2.33. The number of aromatic nitrogens is 2. The highest BCUT2D eigenvalue weighted by Crippen LogP contribution is 2.34. The fraction of sp³-hybridized carbons (Fsp3) is 0.261. The number of carbonyl (C=O) groups excluding carboxylic acids is 1. The topological polar surface area (TPSA) is 85.7 Å². The molecule has 0 saturated carbocycles. The Labute approximate surface area is 189 Å². The summed E-state index contributed by atoms with van der Waals surface area (Å²) in [5.74, 6) is 1.14. The summed E-state index contributed by atoms with van der Waals surface area (Å²) in [4.78, 5) is 27.5. The number of hydrogen-bond acceptors (Lipinski definition) is 6. The van der Waals surface area contributed by atoms with Gasteiger partial charge in [-0.1, -0.05) is 29.8 Å². The van der Waals surface area contributed by atoms with Gasteiger partial charge >= 0.3 is 0 Å². The zero-order valence-electron chi connectivity index (χ0n) is 17.2. The van der Waals surface area contributed by atoms with Gasteiger partial charge in [-0.3, -0.25) is 9.59 Å². The third kappa shape index (κ3) is 3.89. The Morgan fingerprint density at radius 2 is 1.81 bits per heavy atom. The number of benzene rings is 2. The van der Waals surface area contributed by atoms with Crippen LogP contribution in [0.15, 0.2) is 59.5 Å². The number of para-hydroxylation sites is 1. The van der Waals surface area contributed by atoms with Crippen LogP contribution in [0.2, 0.25) is 5.02 Å². The molecular weight excluding hydrogens is 432 g/mol. The zero-order chi connectivity index (χ0) is 22.1. The summed E-state index contributed by atoms with van der Waals surface area (Å²) >= 11 is 6.42. The minimum absolute atomic E-state index is 0.0350. The number of rotatable bonds is 4. The van der Waals surface area contributed by atoms with Crippen LogP contribution in [0, 0.1) is 5.92 Å². The van der Waals surface area contributed by atoms with E-state index < -0.39 is 0 Å². The van der Waals surface area contributed by atoms with Gasteiger partial charge < -0.3 is 19.7 Å². The molecule has 1 amide bonds. The molecular formula is C23H21ClN4O4. The maximum absolute atomic E-state index is 12.7. The molecule has 2 aliphatic rings. The lowest BCUT2D eigenvalue weighted by atomic mass is 9.95. The molecule has 0 unspecified atom stereocenters. The van der Waals surface area contributed by atoms with E-state index in [-0.39, 0.29) is 29.2 Å². The molecule has 3 heterocycles. The number of anilines is 2. The second-order valence-electron chi connectivity index (χ2n) is 7.71. The highest BCUT2D eigenvalue weighted by Gasteiger charge is 2.27. The number of ether oxygens (including phenoxy) is 2. The quantitative estimate of drug-likeness (QED) is 0.652. The number of piperidine rings is 1. The van der Waals surface area contributed by atoms with Crippen molar-refractivity contribution in [3.05, 3.63) is 70.1 Å². The zero-order valence-corrected chi connectivity index (χ0v) is 17.9. The first-order chi connectivity index (χ1) is 15.6. The largest absolute Gasteiger partial charge is 0.454 e. The van der Waals surface area contributed by atoms with E-state index in [0.29, 0.717) is 54.5 Å². The highest BCUT2D eigenvalue weighted by molar-refractivity contribution is 6.33. The molecule has 0 radical (unpaired) electrons. The fourth-order valence-corrected chi connectivity index (χ4v) is 4.25. The molecule has 1 aromatic heterocycles. The highest BCUT2D eigenvalue weighted by atomic mass is 35.5. The van der Waals surface area contributed by atoms with Gasteiger partial charge in [-0.2, -0.15) is 9.78 Å². The first kappa shape index (κ1) is 20.4. The summed E-state index contributed by atoms with van der Waals surface area (Å²) in [6.45, 7) is 1.41. The Hall–Kier alpha value is -3.52. The Kier molecular flexibility index (Phi) is 5.45. The van der Waals surface area contributed by atoms with Gasteiger partial charge in [0.25, 0.3) is 5.56 Å². The summed E-state index contributed by atoms with van der Waals surface area (Å²) in [5.41, 5.74) is 1.57. The average molecular weight is 453 g/mol. The number of halogens is 1. The SMILES string of the molecule is O=C(Nc1ccc2c(c1)OCO2)C1CCN(c2cnn(-c3ccccc3)c(=O)c2Cl)CC1. The monoisotopic (exact) mass is 452 g/mol. The van der Waals surface area contributed by atoms with Gasteiger partial charge in [0.05, 0.1) is 17.6 Å². The number of fused-ring (bicyclic) bond motifs is 1. The first-order valence-electron chi connectivity index (χ1n) is 10.4. The summed E-state index contributed by atoms with van der Waals surface area (Å²) in [7, 11) is 0. The third-order valence-electron chi connectivity index (χ3n) is 5.75. The van der Waals surface area contributed by atoms with Crippen LogP contribution in [0.5, 0.6) is 11.5 Å². The molecule has 2 aliphatic heterocycles. The molecule has 0 atom stereocenters. The molecule has 0 spiro atoms. The number of carbonyl (C=O) groups is 1. The van der Waals surface area contributed by atoms with E-state index >= 15 is 0 Å². The van der Waals surface area contributed by atoms with Crippen molar-refractivity contribution >= 4 is 28.9 Å². The van der Waals surface area contributed by atoms with Crippen molar-refractivity contribution in [1.82, 2.24) is 9.78 Å². The first-order valence-corrected chi connectivity index (χ1v) is 10.8. The van der Waals surface area contributed by atoms with E-state index in [2.05, 4.69) is 10.4 Å². The second kappa shape index (κ2) is 8.55. The number of hydrogen-bond donors (Lipinski definition) is 1. The van der Waals surface area contributed by atoms with E-state index in [1.54, 1.807) is 36.5 Å². The maximum Gasteiger partial charge on any atom is 0.292 e. The summed E-state index contributed by atoms with van der Waals surface area (Å²) in [6, 6.07) is 14.5. The van der Waals surface area contributed by atoms with E-state index in [9.17, 15) is 9.59 Å². The standard InChI is InChI=1S/C23H21ClN4O4/c24-21-18(13-25-28(23(21)30)17-4-2-1-3-5-17)27-10-8-15(9-11-27)22(29)26-16-6-7-19-20(12-16)32-14-31-19/h1-7,12-13,15H,8-11,14H2,(H,26,29). The van der Waals surface area contributed by atoms with Crippen LogP contribution in [-0.4, -0.2) is 35.6 Å². The molecule has 32 heavy (non-hydrogen) atoms. The minimum Gasteiger partial charge on any atom is -0.454 e. The summed E-state index contributed by atoms with van der Waals surface area (Å²) in [6.07, 6.45) is 2.91. The average Bonchev–Trinajstić information content (AvgIpc) is 3.29. The molecule has 3 aromatic rings. The molecule has 1 N–H and O–H groups in total. The van der Waals surface area contributed by atoms with Crippen molar-refractivity contribution < 1.29 is 14.3 Å². The van der Waals surface area contributed by atoms with E-state index in [0.717, 1.165) is 0 Å². The molecule has 0 bridgehead atoms. The van der Waals surface area contributed by atoms with Crippen LogP contribution < -0.4 is 25.2 Å². The van der Waals surface area contributed by atoms with Crippen molar-refractivity contribution in [3.8, 4) is 17.2 Å². The number of nitrogens with one attached hydrogen (secondary N) is 1. The van der Waals surface area contributed by atoms with E-state index in [4.69, 9.17) is 21.1 Å². The summed E-state index contributed by atoms with van der Waals surface area (Å²) in [5, 5.41) is 7.39. The lowest BCUT2D eigenvalue weighted by molar-refractivity contribution is -0.120. The van der Waals surface area contributed by atoms with Crippen molar-refractivity contribution in [3.63, 3.8) is 0 Å². The lowest BCUT2D eigenvalue weighted by Crippen LogP contribution is -2.39. The Bertz CT molecular complexity index is 1210. The fourth-order valence-electron chi connectivity index (χ4n) is 4.00. The second-order valence-corrected chi connectivity index (χ2v) is 8.09. The molecule has 0 aliphatic carbocycles. The molecule has 5 rings (SSSR count). The summed E-state index contributed by atoms with van der Waals surface area (Å²) < 4.78 is 11.9. The van der Waals surface area contributed by atoms with E-state index in [1.165, 1.54) is 4.68 Å². The smallest absolute Gasteiger partial charge is 0.292 e. The van der Waals surface area contributed by atoms with Gasteiger partial charge in [0, 0.05) is 30.8 Å². The van der Waals surface area contributed by atoms with Crippen molar-refractivity contribution in [2.75, 3.05) is 30.1 Å². The normalized spacial score (nSPS) is 15.6. The Morgan fingerprint density at radius 1 is 1.06 bits per heavy atom. The van der Waals surface area contributed by atoms with Crippen molar-refractivity contribution in [2.24, 2.45) is 5.92 Å². The predicted octanol–water partition coefficient (Wildman–Crippen LogP) is 3.47. The van der Waals surface area contributed by atoms with Gasteiger partial charge in [0.15, 0.2) is 11.5 Å². The van der Waals surface area contributed by atoms with Gasteiger partial charge in [0.1, 0.15) is 5.02 Å². The van der Waals surface area contributed by atoms with Crippen LogP contribution in [0.1, 0.15) is 12.8 Å². The van der Waals surface area contributed by atoms with Gasteiger partial charge in [-0.15, -0.1) is 0 Å². The van der Waals surface area contributed by atoms with Gasteiger partial charge in [0.2, 0.25) is 12.7 Å². The minimum atomic E-state index is -0.363. The molecule has 8 nitrogen and oxygen atoms in total. The van der Waals surface area contributed by atoms with Crippen molar-refractivity contribution in [2.45, 2.75) is 12.8 Å². The van der Waals surface area contributed by atoms with Crippen LogP contribution in [0.25, 0.3) is 5.69 Å². The van der Waals surface area contributed by atoms with Gasteiger partial charge in [-0.05, 0) is 37.1 Å². The molecule has 9 heteroatoms. The van der Waals surface area contributed by atoms with Crippen LogP contribution in [0.4, 0.5) is 11.4 Å². The number of nitrogens with zero attached hydrogens (tertiary/aromatic N) is 3. The molecule has 2 aromatic carbocycles. The van der Waals surface area contributed by atoms with Crippen molar-refractivity contribution in [1.29, 1.82) is 0 Å². The molecule has 1 fully saturated rings.